The van der Waals surface area contributed by atoms with Crippen molar-refractivity contribution in [3.8, 4) is 0 Å². The molecule has 0 unspecified atom stereocenters. The molecule has 6 atom stereocenters. The molecule has 0 aromatic heterocycles. The normalized spacial score (nSPS) is 13.3. The number of aliphatic carboxylic acids is 6. The Morgan fingerprint density at radius 3 is 0.554 bits per heavy atom. The van der Waals surface area contributed by atoms with Gasteiger partial charge in [0, 0.05) is 12.8 Å². The van der Waals surface area contributed by atoms with Crippen LogP contribution in [0.15, 0.2) is 0 Å². The standard InChI is InChI=1S/4C6H13NO2.2C5H10N2O3/c4*1-4(2)3-5(7)6(8)9;2*6-3(5(9)10)1-2-4(7)8/h4*4-5H,3,7H2,1-2H3,(H,8,9);2*3H,1-2,6H2,(H2,7,8)(H,9,10)/t4*5-;2*3-/m000000/s1. The minimum absolute atomic E-state index is 0.0213. The lowest BCUT2D eigenvalue weighted by atomic mass is 10.1. The number of hydrogen-bond acceptors (Lipinski definition) is 14. The number of amides is 2. The third kappa shape index (κ3) is 56.3. The highest BCUT2D eigenvalue weighted by molar-refractivity contribution is 5.78. The van der Waals surface area contributed by atoms with Gasteiger partial charge in [0.2, 0.25) is 11.8 Å². The van der Waals surface area contributed by atoms with Gasteiger partial charge in [-0.3, -0.25) is 38.4 Å². The molecule has 0 bridgehead atoms. The van der Waals surface area contributed by atoms with Crippen LogP contribution < -0.4 is 45.9 Å². The molecular formula is C34H72N8O14. The van der Waals surface area contributed by atoms with Gasteiger partial charge in [0.1, 0.15) is 36.3 Å². The average molecular weight is 817 g/mol. The smallest absolute Gasteiger partial charge is 0.320 e. The highest BCUT2D eigenvalue weighted by Crippen LogP contribution is 2.04. The second kappa shape index (κ2) is 37.4. The third-order valence-electron chi connectivity index (χ3n) is 6.21. The van der Waals surface area contributed by atoms with Gasteiger partial charge in [0.15, 0.2) is 0 Å². The minimum Gasteiger partial charge on any atom is -0.480 e. The summed E-state index contributed by atoms with van der Waals surface area (Å²) < 4.78 is 0. The molecule has 0 saturated carbocycles. The summed E-state index contributed by atoms with van der Waals surface area (Å²) in [6.07, 6.45) is 2.45. The fraction of sp³-hybridized carbons (Fsp3) is 0.765. The van der Waals surface area contributed by atoms with Gasteiger partial charge >= 0.3 is 35.8 Å². The molecule has 22 heteroatoms. The lowest BCUT2D eigenvalue weighted by Crippen LogP contribution is -2.31. The minimum atomic E-state index is -1.11. The first-order valence-corrected chi connectivity index (χ1v) is 17.7. The maximum atomic E-state index is 10.1. The molecule has 0 fully saturated rings. The Kier molecular flexibility index (Phi) is 42.4. The lowest BCUT2D eigenvalue weighted by molar-refractivity contribution is -0.139. The summed E-state index contributed by atoms with van der Waals surface area (Å²) in [5, 5.41) is 49.7. The van der Waals surface area contributed by atoms with E-state index in [4.69, 9.17) is 76.5 Å². The summed E-state index contributed by atoms with van der Waals surface area (Å²) in [6.45, 7) is 15.6. The topological polar surface area (TPSA) is 466 Å². The van der Waals surface area contributed by atoms with E-state index in [1.54, 1.807) is 0 Å². The van der Waals surface area contributed by atoms with E-state index in [-0.39, 0.29) is 25.7 Å². The first kappa shape index (κ1) is 63.5. The Morgan fingerprint density at radius 2 is 0.482 bits per heavy atom. The first-order chi connectivity index (χ1) is 25.2. The van der Waals surface area contributed by atoms with Crippen LogP contribution in [0.3, 0.4) is 0 Å². The molecule has 22 N–H and O–H groups in total. The molecule has 0 spiro atoms. The molecule has 0 aliphatic rings. The highest BCUT2D eigenvalue weighted by Gasteiger charge is 2.15. The van der Waals surface area contributed by atoms with E-state index >= 15 is 0 Å². The number of carboxylic acids is 6. The lowest BCUT2D eigenvalue weighted by Gasteiger charge is -2.07. The molecule has 56 heavy (non-hydrogen) atoms. The number of rotatable bonds is 20. The Labute approximate surface area is 329 Å². The summed E-state index contributed by atoms with van der Waals surface area (Å²) in [4.78, 5) is 80.7. The molecule has 0 aromatic carbocycles. The molecule has 0 rings (SSSR count). The van der Waals surface area contributed by atoms with Crippen LogP contribution >= 0.6 is 0 Å². The number of carbonyl (C=O) groups excluding carboxylic acids is 2. The molecule has 0 saturated heterocycles. The van der Waals surface area contributed by atoms with Gasteiger partial charge in [-0.05, 0) is 62.2 Å². The molecule has 22 nitrogen and oxygen atoms in total. The predicted octanol–water partition coefficient (Wildman–Crippen LogP) is -0.895. The van der Waals surface area contributed by atoms with Crippen molar-refractivity contribution in [2.45, 2.75) is 143 Å². The Hall–Kier alpha value is -4.48. The fourth-order valence-corrected chi connectivity index (χ4v) is 3.28. The largest absolute Gasteiger partial charge is 0.480 e. The van der Waals surface area contributed by atoms with Crippen molar-refractivity contribution in [1.29, 1.82) is 0 Å². The predicted molar refractivity (Wildman–Crippen MR) is 208 cm³/mol. The zero-order valence-corrected chi connectivity index (χ0v) is 34.0. The van der Waals surface area contributed by atoms with Gasteiger partial charge in [0.05, 0.1) is 0 Å². The van der Waals surface area contributed by atoms with Crippen molar-refractivity contribution in [3.05, 3.63) is 0 Å². The van der Waals surface area contributed by atoms with E-state index < -0.39 is 83.9 Å². The zero-order chi connectivity index (χ0) is 46.0. The van der Waals surface area contributed by atoms with Crippen LogP contribution in [0, 0.1) is 23.7 Å². The van der Waals surface area contributed by atoms with E-state index in [0.29, 0.717) is 49.4 Å². The van der Waals surface area contributed by atoms with Crippen LogP contribution in [0.2, 0.25) is 0 Å². The van der Waals surface area contributed by atoms with Crippen LogP contribution in [0.5, 0.6) is 0 Å². The third-order valence-corrected chi connectivity index (χ3v) is 6.21. The zero-order valence-electron chi connectivity index (χ0n) is 34.0. The maximum absolute atomic E-state index is 10.1. The maximum Gasteiger partial charge on any atom is 0.320 e. The average Bonchev–Trinajstić information content (AvgIpc) is 3.02. The quantitative estimate of drug-likeness (QED) is 0.0708. The second-order valence-electron chi connectivity index (χ2n) is 14.2. The molecule has 2 amide bonds. The molecule has 0 aliphatic carbocycles. The highest BCUT2D eigenvalue weighted by atomic mass is 16.4. The molecule has 0 aromatic rings. The van der Waals surface area contributed by atoms with Crippen molar-refractivity contribution >= 4 is 47.6 Å². The summed E-state index contributed by atoms with van der Waals surface area (Å²) in [6, 6.07) is -4.72. The summed E-state index contributed by atoms with van der Waals surface area (Å²) in [5.41, 5.74) is 40.5. The van der Waals surface area contributed by atoms with Crippen molar-refractivity contribution in [3.63, 3.8) is 0 Å². The number of carbonyl (C=O) groups is 8. The van der Waals surface area contributed by atoms with Crippen LogP contribution in [-0.4, -0.2) is 115 Å². The van der Waals surface area contributed by atoms with Gasteiger partial charge in [0.25, 0.3) is 0 Å². The van der Waals surface area contributed by atoms with E-state index in [9.17, 15) is 38.4 Å². The summed E-state index contributed by atoms with van der Waals surface area (Å²) >= 11 is 0. The van der Waals surface area contributed by atoms with Gasteiger partial charge in [-0.2, -0.15) is 0 Å². The molecule has 0 heterocycles. The van der Waals surface area contributed by atoms with Crippen molar-refractivity contribution in [2.24, 2.45) is 69.5 Å². The summed E-state index contributed by atoms with van der Waals surface area (Å²) in [5.74, 6) is -5.50. The van der Waals surface area contributed by atoms with Gasteiger partial charge < -0.3 is 76.5 Å². The van der Waals surface area contributed by atoms with Gasteiger partial charge in [-0.25, -0.2) is 0 Å². The SMILES string of the molecule is CC(C)C[C@H](N)C(=O)O.CC(C)C[C@H](N)C(=O)O.CC(C)C[C@H](N)C(=O)O.CC(C)C[C@H](N)C(=O)O.NC(=O)CC[C@H](N)C(=O)O.NC(=O)CC[C@H](N)C(=O)O. The molecular weight excluding hydrogens is 744 g/mol. The molecule has 332 valence electrons. The van der Waals surface area contributed by atoms with E-state index in [0.717, 1.165) is 0 Å². The van der Waals surface area contributed by atoms with E-state index in [1.807, 2.05) is 55.4 Å². The van der Waals surface area contributed by atoms with Crippen molar-refractivity contribution < 1.29 is 69.0 Å². The van der Waals surface area contributed by atoms with Crippen LogP contribution in [0.4, 0.5) is 0 Å². The Bertz CT molecular complexity index is 1000. The van der Waals surface area contributed by atoms with Crippen LogP contribution in [0.1, 0.15) is 107 Å². The molecule has 0 aliphatic heterocycles. The van der Waals surface area contributed by atoms with E-state index in [1.165, 1.54) is 0 Å². The fourth-order valence-electron chi connectivity index (χ4n) is 3.28. The van der Waals surface area contributed by atoms with Crippen LogP contribution in [-0.2, 0) is 38.4 Å². The first-order valence-electron chi connectivity index (χ1n) is 17.7. The molecule has 0 radical (unpaired) electrons. The van der Waals surface area contributed by atoms with Crippen molar-refractivity contribution in [2.75, 3.05) is 0 Å². The Balaban J connectivity index is -0.000000134. The number of nitrogens with two attached hydrogens (primary N) is 8. The van der Waals surface area contributed by atoms with Crippen molar-refractivity contribution in [1.82, 2.24) is 0 Å². The van der Waals surface area contributed by atoms with Crippen LogP contribution in [0.25, 0.3) is 0 Å². The Morgan fingerprint density at radius 1 is 0.339 bits per heavy atom. The summed E-state index contributed by atoms with van der Waals surface area (Å²) in [7, 11) is 0. The number of carboxylic acid groups (broad SMARTS) is 6. The number of primary amides is 2. The second-order valence-corrected chi connectivity index (χ2v) is 14.2. The van der Waals surface area contributed by atoms with Gasteiger partial charge in [-0.1, -0.05) is 55.4 Å². The monoisotopic (exact) mass is 817 g/mol. The van der Waals surface area contributed by atoms with Gasteiger partial charge in [-0.15, -0.1) is 0 Å². The van der Waals surface area contributed by atoms with E-state index in [2.05, 4.69) is 0 Å². The number of hydrogen-bond donors (Lipinski definition) is 14.